The molecule has 6 nitrogen and oxygen atoms in total. The van der Waals surface area contributed by atoms with Crippen molar-refractivity contribution < 1.29 is 19.2 Å². The molecule has 10 unspecified atom stereocenters. The number of benzene rings is 2. The van der Waals surface area contributed by atoms with Crippen molar-refractivity contribution in [3.63, 3.8) is 0 Å². The molecule has 2 aromatic rings. The standard InChI is InChI=1S/C40H46N4O2/c1-43-15-13-39-31-7-3-5-9-33(31)41-22-30-28-20-36-40(14-16-44(36,2)24-26(28)12-18-46)32-8-4-6-10-34(32)42(38(30)40)21-29(37(39)41)27(19-35(39)43)25(23-43)11-17-45/h3-12,21-22,27-28,35-38,45-46H,13-20,23-24H2,1-2H3/q+2/b25-11-,26-12+,29-21-,30-22-. The quantitative estimate of drug-likeness (QED) is 0.390. The Morgan fingerprint density at radius 2 is 1.13 bits per heavy atom. The molecule has 4 bridgehead atoms. The van der Waals surface area contributed by atoms with Gasteiger partial charge in [-0.1, -0.05) is 48.6 Å². The van der Waals surface area contributed by atoms with Gasteiger partial charge in [0.15, 0.2) is 0 Å². The van der Waals surface area contributed by atoms with E-state index in [9.17, 15) is 10.2 Å². The molecule has 2 N–H and O–H groups in total. The predicted molar refractivity (Wildman–Crippen MR) is 180 cm³/mol. The van der Waals surface area contributed by atoms with E-state index >= 15 is 0 Å². The van der Waals surface area contributed by atoms with E-state index in [4.69, 9.17) is 0 Å². The minimum absolute atomic E-state index is 0.0790. The van der Waals surface area contributed by atoms with Gasteiger partial charge in [-0.25, -0.2) is 0 Å². The molecular formula is C40H46N4O2+2. The van der Waals surface area contributed by atoms with Crippen molar-refractivity contribution in [2.75, 3.05) is 63.3 Å². The van der Waals surface area contributed by atoms with Crippen LogP contribution in [-0.2, 0) is 10.8 Å². The molecular weight excluding hydrogens is 568 g/mol. The number of aliphatic hydroxyl groups is 2. The number of likely N-dealkylation sites (N-methyl/N-ethyl adjacent to an activating group) is 2. The molecule has 0 amide bonds. The van der Waals surface area contributed by atoms with Gasteiger partial charge in [0, 0.05) is 61.3 Å². The Morgan fingerprint density at radius 1 is 0.696 bits per heavy atom. The molecule has 9 aliphatic rings. The monoisotopic (exact) mass is 614 g/mol. The Kier molecular flexibility index (Phi) is 4.94. The second-order valence-corrected chi connectivity index (χ2v) is 16.7. The lowest BCUT2D eigenvalue weighted by atomic mass is 9.56. The second-order valence-electron chi connectivity index (χ2n) is 16.7. The van der Waals surface area contributed by atoms with Crippen LogP contribution in [-0.4, -0.2) is 96.8 Å². The SMILES string of the molecule is C[N+]12CCC34c5ccccc5N5/C=C6/C7CC8C9(CC[N+]8(C)C/C7=C/CO)c7ccccc7N(/C=C(/C(CC31)/C(=C/CO)C2)C54)C69. The number of piperidine rings is 2. The third-order valence-corrected chi connectivity index (χ3v) is 15.3. The summed E-state index contributed by atoms with van der Waals surface area (Å²) in [6.07, 6.45) is 14.4. The zero-order valence-electron chi connectivity index (χ0n) is 27.1. The van der Waals surface area contributed by atoms with Gasteiger partial charge in [-0.3, -0.25) is 0 Å². The lowest BCUT2D eigenvalue weighted by molar-refractivity contribution is -0.924. The molecule has 7 heterocycles. The first-order valence-corrected chi connectivity index (χ1v) is 17.8. The summed E-state index contributed by atoms with van der Waals surface area (Å²) in [7, 11) is 5.01. The van der Waals surface area contributed by atoms with E-state index < -0.39 is 0 Å². The highest BCUT2D eigenvalue weighted by Crippen LogP contribution is 2.69. The third-order valence-electron chi connectivity index (χ3n) is 15.3. The van der Waals surface area contributed by atoms with Crippen molar-refractivity contribution >= 4 is 11.4 Å². The molecule has 11 rings (SSSR count). The number of quaternary nitrogens is 2. The van der Waals surface area contributed by atoms with Crippen LogP contribution >= 0.6 is 0 Å². The molecule has 46 heavy (non-hydrogen) atoms. The maximum absolute atomic E-state index is 10.3. The van der Waals surface area contributed by atoms with E-state index in [-0.39, 0.29) is 36.1 Å². The molecule has 6 heteroatoms. The maximum atomic E-state index is 10.3. The van der Waals surface area contributed by atoms with E-state index in [0.717, 1.165) is 34.9 Å². The highest BCUT2D eigenvalue weighted by Gasteiger charge is 2.74. The van der Waals surface area contributed by atoms with Gasteiger partial charge in [0.05, 0.1) is 63.3 Å². The van der Waals surface area contributed by atoms with E-state index in [1.54, 1.807) is 22.3 Å². The van der Waals surface area contributed by atoms with Crippen LogP contribution in [0.25, 0.3) is 0 Å². The Bertz CT molecular complexity index is 1730. The fourth-order valence-electron chi connectivity index (χ4n) is 13.8. The molecule has 2 spiro atoms. The van der Waals surface area contributed by atoms with Gasteiger partial charge in [-0.15, -0.1) is 0 Å². The summed E-state index contributed by atoms with van der Waals surface area (Å²) in [4.78, 5) is 5.55. The molecule has 236 valence electrons. The average molecular weight is 615 g/mol. The number of aliphatic hydroxyl groups excluding tert-OH is 2. The van der Waals surface area contributed by atoms with Gasteiger partial charge in [-0.2, -0.15) is 0 Å². The first-order valence-electron chi connectivity index (χ1n) is 17.8. The Balaban J connectivity index is 1.24. The Morgan fingerprint density at radius 3 is 1.57 bits per heavy atom. The normalized spacial score (nSPS) is 48.6. The Labute approximate surface area is 272 Å². The lowest BCUT2D eigenvalue weighted by Crippen LogP contribution is -2.68. The van der Waals surface area contributed by atoms with E-state index in [1.807, 2.05) is 0 Å². The van der Waals surface area contributed by atoms with Crippen molar-refractivity contribution in [1.82, 2.24) is 0 Å². The number of hydrogen-bond acceptors (Lipinski definition) is 4. The third kappa shape index (κ3) is 2.77. The zero-order valence-corrected chi connectivity index (χ0v) is 27.1. The molecule has 4 saturated heterocycles. The second kappa shape index (κ2) is 8.46. The largest absolute Gasteiger partial charge is 0.392 e. The van der Waals surface area contributed by atoms with Gasteiger partial charge >= 0.3 is 0 Å². The minimum Gasteiger partial charge on any atom is -0.392 e. The van der Waals surface area contributed by atoms with Gasteiger partial charge < -0.3 is 29.0 Å². The van der Waals surface area contributed by atoms with Crippen LogP contribution in [0.15, 0.2) is 95.4 Å². The number of anilines is 2. The number of hydrogen-bond donors (Lipinski definition) is 2. The predicted octanol–water partition coefficient (Wildman–Crippen LogP) is 4.36. The minimum atomic E-state index is 0.0790. The summed E-state index contributed by atoms with van der Waals surface area (Å²) in [5, 5.41) is 20.6. The van der Waals surface area contributed by atoms with Gasteiger partial charge in [-0.05, 0) is 45.6 Å². The van der Waals surface area contributed by atoms with Gasteiger partial charge in [0.1, 0.15) is 25.2 Å². The molecule has 2 saturated carbocycles. The number of nitrogens with zero attached hydrogens (tertiary/aromatic N) is 4. The van der Waals surface area contributed by atoms with E-state index in [1.165, 1.54) is 48.5 Å². The summed E-state index contributed by atoms with van der Waals surface area (Å²) in [6, 6.07) is 20.5. The summed E-state index contributed by atoms with van der Waals surface area (Å²) >= 11 is 0. The molecule has 0 radical (unpaired) electrons. The van der Waals surface area contributed by atoms with Crippen LogP contribution in [0.5, 0.6) is 0 Å². The highest BCUT2D eigenvalue weighted by atomic mass is 16.3. The van der Waals surface area contributed by atoms with Crippen LogP contribution in [0.4, 0.5) is 11.4 Å². The summed E-state index contributed by atoms with van der Waals surface area (Å²) in [5.41, 5.74) is 12.1. The Hall–Kier alpha value is -3.16. The summed E-state index contributed by atoms with van der Waals surface area (Å²) in [6.45, 7) is 4.70. The zero-order chi connectivity index (χ0) is 30.8. The lowest BCUT2D eigenvalue weighted by Gasteiger charge is -2.58. The average Bonchev–Trinajstić information content (AvgIpc) is 3.73. The summed E-state index contributed by atoms with van der Waals surface area (Å²) in [5.74, 6) is 0.709. The van der Waals surface area contributed by atoms with E-state index in [2.05, 4.69) is 97.0 Å². The maximum Gasteiger partial charge on any atom is 0.102 e. The van der Waals surface area contributed by atoms with Crippen LogP contribution in [0.2, 0.25) is 0 Å². The highest BCUT2D eigenvalue weighted by molar-refractivity contribution is 5.77. The van der Waals surface area contributed by atoms with Crippen LogP contribution in [0.3, 0.4) is 0 Å². The first kappa shape index (κ1) is 26.9. The first-order chi connectivity index (χ1) is 22.4. The van der Waals surface area contributed by atoms with Crippen LogP contribution in [0, 0.1) is 11.8 Å². The number of fused-ring (bicyclic) bond motifs is 8. The molecule has 6 fully saturated rings. The van der Waals surface area contributed by atoms with Gasteiger partial charge in [0.2, 0.25) is 0 Å². The van der Waals surface area contributed by atoms with Gasteiger partial charge in [0.25, 0.3) is 0 Å². The van der Waals surface area contributed by atoms with Crippen LogP contribution in [0.1, 0.15) is 36.8 Å². The van der Waals surface area contributed by atoms with Crippen molar-refractivity contribution in [2.45, 2.75) is 60.7 Å². The molecule has 2 aliphatic carbocycles. The van der Waals surface area contributed by atoms with Crippen molar-refractivity contribution in [3.05, 3.63) is 107 Å². The smallest absolute Gasteiger partial charge is 0.102 e. The fraction of sp³-hybridized carbons (Fsp3) is 0.500. The fourth-order valence-corrected chi connectivity index (χ4v) is 13.8. The molecule has 7 aliphatic heterocycles. The number of para-hydroxylation sites is 2. The van der Waals surface area contributed by atoms with Crippen molar-refractivity contribution in [1.29, 1.82) is 0 Å². The number of rotatable bonds is 2. The van der Waals surface area contributed by atoms with Crippen LogP contribution < -0.4 is 9.80 Å². The molecule has 2 aromatic carbocycles. The van der Waals surface area contributed by atoms with E-state index in [0.29, 0.717) is 23.9 Å². The van der Waals surface area contributed by atoms with Crippen molar-refractivity contribution in [3.8, 4) is 0 Å². The van der Waals surface area contributed by atoms with Crippen molar-refractivity contribution in [2.24, 2.45) is 11.8 Å². The summed E-state index contributed by atoms with van der Waals surface area (Å²) < 4.78 is 2.18. The topological polar surface area (TPSA) is 46.9 Å². The molecule has 0 aromatic heterocycles. The molecule has 10 atom stereocenters.